The maximum absolute atomic E-state index is 13.0. The van der Waals surface area contributed by atoms with Gasteiger partial charge in [0.05, 0.1) is 32.3 Å². The first-order valence-electron chi connectivity index (χ1n) is 11.0. The molecule has 1 aromatic heterocycles. The number of thiophene rings is 1. The van der Waals surface area contributed by atoms with E-state index < -0.39 is 27.1 Å². The van der Waals surface area contributed by atoms with Gasteiger partial charge in [-0.15, -0.1) is 11.3 Å². The van der Waals surface area contributed by atoms with Crippen LogP contribution in [0.25, 0.3) is 0 Å². The van der Waals surface area contributed by atoms with Crippen LogP contribution in [-0.2, 0) is 33.9 Å². The number of rotatable bonds is 10. The van der Waals surface area contributed by atoms with E-state index in [9.17, 15) is 27.1 Å². The number of nitrogens with zero attached hydrogens (tertiary/aromatic N) is 1. The first-order valence-corrected chi connectivity index (χ1v) is 14.3. The number of hydrogen-bond acceptors (Lipinski definition) is 6. The van der Waals surface area contributed by atoms with Crippen LogP contribution >= 0.6 is 11.3 Å². The minimum absolute atomic E-state index is 0.0277. The Hall–Kier alpha value is -3.31. The summed E-state index contributed by atoms with van der Waals surface area (Å²) in [4.78, 5) is 11.4. The van der Waals surface area contributed by atoms with E-state index in [4.69, 9.17) is 0 Å². The summed E-state index contributed by atoms with van der Waals surface area (Å²) in [6.07, 6.45) is 1.83. The highest BCUT2D eigenvalue weighted by Crippen LogP contribution is 2.37. The summed E-state index contributed by atoms with van der Waals surface area (Å²) in [5.74, 6) is -0.986. The van der Waals surface area contributed by atoms with E-state index in [1.807, 2.05) is 18.2 Å². The van der Waals surface area contributed by atoms with Gasteiger partial charge in [-0.2, -0.15) is 0 Å². The average molecular weight is 541 g/mol. The summed E-state index contributed by atoms with van der Waals surface area (Å²) in [6.45, 7) is 0. The molecule has 0 saturated heterocycles. The molecule has 3 aromatic carbocycles. The molecular weight excluding hydrogens is 518 g/mol. The zero-order chi connectivity index (χ0) is 25.7. The number of anilines is 2. The van der Waals surface area contributed by atoms with Gasteiger partial charge in [0.2, 0.25) is 9.84 Å². The monoisotopic (exact) mass is 540 g/mol. The molecule has 1 unspecified atom stereocenters. The van der Waals surface area contributed by atoms with E-state index in [2.05, 4.69) is 0 Å². The van der Waals surface area contributed by atoms with E-state index in [0.717, 1.165) is 26.8 Å². The molecule has 1 atom stereocenters. The number of hydrogen-bond donors (Lipinski definition) is 1. The number of benzene rings is 3. The molecule has 0 bridgehead atoms. The highest BCUT2D eigenvalue weighted by atomic mass is 32.2. The summed E-state index contributed by atoms with van der Waals surface area (Å²) in [6, 6.07) is 23.1. The summed E-state index contributed by atoms with van der Waals surface area (Å²) in [5.41, 5.74) is 2.32. The van der Waals surface area contributed by atoms with Crippen molar-refractivity contribution in [3.8, 4) is 0 Å². The van der Waals surface area contributed by atoms with Crippen LogP contribution in [0.1, 0.15) is 27.9 Å². The topological polar surface area (TPSA) is 115 Å². The Kier molecular flexibility index (Phi) is 8.00. The summed E-state index contributed by atoms with van der Waals surface area (Å²) < 4.78 is 51.7. The highest BCUT2D eigenvalue weighted by molar-refractivity contribution is 7.91. The summed E-state index contributed by atoms with van der Waals surface area (Å²) >= 11 is -1.66. The maximum Gasteiger partial charge on any atom is 0.335 e. The lowest BCUT2D eigenvalue weighted by molar-refractivity contribution is 0.0696. The van der Waals surface area contributed by atoms with Crippen LogP contribution in [0, 0.1) is 0 Å². The van der Waals surface area contributed by atoms with Gasteiger partial charge in [-0.05, 0) is 66.8 Å². The number of aryl methyl sites for hydroxylation is 2. The molecule has 0 aliphatic rings. The lowest BCUT2D eigenvalue weighted by Gasteiger charge is -2.27. The largest absolute Gasteiger partial charge is 0.755 e. The van der Waals surface area contributed by atoms with E-state index in [-0.39, 0.29) is 20.4 Å². The predicted octanol–water partition coefficient (Wildman–Crippen LogP) is 5.39. The molecule has 1 heterocycles. The van der Waals surface area contributed by atoms with E-state index in [0.29, 0.717) is 24.9 Å². The van der Waals surface area contributed by atoms with Crippen LogP contribution < -0.4 is 4.31 Å². The second-order valence-electron chi connectivity index (χ2n) is 7.94. The molecule has 186 valence electrons. The van der Waals surface area contributed by atoms with Crippen molar-refractivity contribution in [2.75, 3.05) is 4.31 Å². The van der Waals surface area contributed by atoms with Crippen LogP contribution in [0.4, 0.5) is 10.7 Å². The second-order valence-corrected chi connectivity index (χ2v) is 11.6. The van der Waals surface area contributed by atoms with Crippen LogP contribution in [0.3, 0.4) is 0 Å². The number of aromatic carboxylic acids is 1. The molecule has 0 saturated carbocycles. The van der Waals surface area contributed by atoms with Crippen molar-refractivity contribution in [1.82, 2.24) is 0 Å². The van der Waals surface area contributed by atoms with Crippen LogP contribution in [0.2, 0.25) is 0 Å². The third kappa shape index (κ3) is 5.73. The Bertz CT molecular complexity index is 1500. The molecule has 7 nitrogen and oxygen atoms in total. The molecular formula is C26H22NO6S3-. The van der Waals surface area contributed by atoms with E-state index in [1.165, 1.54) is 29.6 Å². The molecule has 4 aromatic rings. The van der Waals surface area contributed by atoms with Crippen molar-refractivity contribution >= 4 is 49.1 Å². The van der Waals surface area contributed by atoms with Crippen LogP contribution in [0.5, 0.6) is 0 Å². The molecule has 0 spiro atoms. The molecule has 1 N–H and O–H groups in total. The number of para-hydroxylation sites is 1. The number of carbonyl (C=O) groups is 1. The fraction of sp³-hybridized carbons (Fsp3) is 0.115. The molecule has 0 aliphatic heterocycles. The van der Waals surface area contributed by atoms with Gasteiger partial charge in [-0.25, -0.2) is 13.2 Å². The number of carboxylic acids is 1. The third-order valence-corrected chi connectivity index (χ3v) is 9.19. The Morgan fingerprint density at radius 1 is 0.917 bits per heavy atom. The Labute approximate surface area is 216 Å². The second kappa shape index (κ2) is 11.2. The lowest BCUT2D eigenvalue weighted by Crippen LogP contribution is -2.20. The highest BCUT2D eigenvalue weighted by Gasteiger charge is 2.23. The first-order chi connectivity index (χ1) is 17.3. The molecule has 0 radical (unpaired) electrons. The van der Waals surface area contributed by atoms with Gasteiger partial charge in [-0.1, -0.05) is 48.5 Å². The van der Waals surface area contributed by atoms with Gasteiger partial charge in [0.25, 0.3) is 0 Å². The fourth-order valence-corrected chi connectivity index (χ4v) is 7.15. The normalized spacial score (nSPS) is 12.2. The van der Waals surface area contributed by atoms with Crippen molar-refractivity contribution in [2.24, 2.45) is 0 Å². The van der Waals surface area contributed by atoms with Gasteiger partial charge in [-0.3, -0.25) is 8.51 Å². The SMILES string of the molecule is O=C(O)c1cccc(CCCc2ccccc2N(c2cc(S(=O)(=O)c3ccccc3)cs2)S(=O)[O-])c1. The molecule has 0 fully saturated rings. The Morgan fingerprint density at radius 2 is 1.64 bits per heavy atom. The Balaban J connectivity index is 1.58. The van der Waals surface area contributed by atoms with Crippen LogP contribution in [0.15, 0.2) is 100 Å². The van der Waals surface area contributed by atoms with Gasteiger partial charge < -0.3 is 9.66 Å². The fourth-order valence-electron chi connectivity index (χ4n) is 3.83. The minimum Gasteiger partial charge on any atom is -0.755 e. The Morgan fingerprint density at radius 3 is 2.36 bits per heavy atom. The first kappa shape index (κ1) is 25.8. The van der Waals surface area contributed by atoms with Crippen molar-refractivity contribution in [3.05, 3.63) is 107 Å². The maximum atomic E-state index is 13.0. The minimum atomic E-state index is -3.78. The summed E-state index contributed by atoms with van der Waals surface area (Å²) in [5, 5.41) is 10.9. The lowest BCUT2D eigenvalue weighted by atomic mass is 10.0. The molecule has 36 heavy (non-hydrogen) atoms. The molecule has 0 aliphatic carbocycles. The zero-order valence-corrected chi connectivity index (χ0v) is 21.4. The molecule has 0 amide bonds. The van der Waals surface area contributed by atoms with Crippen molar-refractivity contribution in [2.45, 2.75) is 29.1 Å². The van der Waals surface area contributed by atoms with Crippen molar-refractivity contribution < 1.29 is 27.1 Å². The molecule has 4 rings (SSSR count). The van der Waals surface area contributed by atoms with Crippen LogP contribution in [-0.4, -0.2) is 28.3 Å². The smallest absolute Gasteiger partial charge is 0.335 e. The van der Waals surface area contributed by atoms with Gasteiger partial charge in [0.1, 0.15) is 5.00 Å². The van der Waals surface area contributed by atoms with Gasteiger partial charge in [0.15, 0.2) is 0 Å². The van der Waals surface area contributed by atoms with Crippen molar-refractivity contribution in [3.63, 3.8) is 0 Å². The third-order valence-electron chi connectivity index (χ3n) is 5.57. The number of carboxylic acid groups (broad SMARTS) is 1. The average Bonchev–Trinajstić information content (AvgIpc) is 3.36. The number of sulfone groups is 1. The zero-order valence-electron chi connectivity index (χ0n) is 18.9. The van der Waals surface area contributed by atoms with Crippen molar-refractivity contribution in [1.29, 1.82) is 0 Å². The van der Waals surface area contributed by atoms with Gasteiger partial charge in [0, 0.05) is 5.38 Å². The predicted molar refractivity (Wildman–Crippen MR) is 139 cm³/mol. The van der Waals surface area contributed by atoms with Gasteiger partial charge >= 0.3 is 5.97 Å². The molecule has 10 heteroatoms. The standard InChI is InChI=1S/C26H23NO6S3/c28-26(29)21-12-7-9-19(16-21)8-6-11-20-10-4-5-15-24(20)27(35(30)31)25-17-23(18-34-25)36(32,33)22-13-2-1-3-14-22/h1-5,7,9-10,12-18H,6,8,11H2,(H,28,29)(H,30,31)/p-1. The quantitative estimate of drug-likeness (QED) is 0.270. The van der Waals surface area contributed by atoms with E-state index in [1.54, 1.807) is 42.5 Å². The van der Waals surface area contributed by atoms with E-state index >= 15 is 0 Å². The summed E-state index contributed by atoms with van der Waals surface area (Å²) in [7, 11) is -3.78.